The van der Waals surface area contributed by atoms with Gasteiger partial charge in [-0.1, -0.05) is 11.6 Å². The Kier molecular flexibility index (Phi) is 4.10. The van der Waals surface area contributed by atoms with E-state index in [1.165, 1.54) is 18.4 Å². The highest BCUT2D eigenvalue weighted by molar-refractivity contribution is 6.30. The van der Waals surface area contributed by atoms with Crippen molar-refractivity contribution in [1.82, 2.24) is 20.2 Å². The molecule has 1 fully saturated rings. The topological polar surface area (TPSA) is 66.5 Å². The standard InChI is InChI=1S/C15H20ClN5/c1-9-13(16)19-15(11-5-6-11)20-14(9)17-7-3-4-12-8-18-21-10(12)2/h8,11H,3-7H2,1-2H3,(H,18,21)(H,17,19,20). The Morgan fingerprint density at radius 2 is 2.14 bits per heavy atom. The van der Waals surface area contributed by atoms with Crippen LogP contribution in [-0.2, 0) is 6.42 Å². The fourth-order valence-corrected chi connectivity index (χ4v) is 2.49. The zero-order valence-corrected chi connectivity index (χ0v) is 13.2. The van der Waals surface area contributed by atoms with Crippen molar-refractivity contribution in [3.63, 3.8) is 0 Å². The van der Waals surface area contributed by atoms with Crippen molar-refractivity contribution in [2.45, 2.75) is 45.4 Å². The lowest BCUT2D eigenvalue weighted by molar-refractivity contribution is 0.843. The van der Waals surface area contributed by atoms with E-state index in [1.54, 1.807) is 0 Å². The van der Waals surface area contributed by atoms with Gasteiger partial charge in [0.15, 0.2) is 0 Å². The van der Waals surface area contributed by atoms with Gasteiger partial charge in [-0.05, 0) is 45.1 Å². The highest BCUT2D eigenvalue weighted by Gasteiger charge is 2.27. The van der Waals surface area contributed by atoms with Crippen molar-refractivity contribution < 1.29 is 0 Å². The molecule has 2 aromatic heterocycles. The molecule has 0 radical (unpaired) electrons. The molecule has 0 saturated heterocycles. The van der Waals surface area contributed by atoms with Crippen molar-refractivity contribution in [3.05, 3.63) is 34.0 Å². The first-order valence-electron chi connectivity index (χ1n) is 7.42. The van der Waals surface area contributed by atoms with Crippen LogP contribution < -0.4 is 5.32 Å². The van der Waals surface area contributed by atoms with Gasteiger partial charge in [0.1, 0.15) is 16.8 Å². The van der Waals surface area contributed by atoms with Crippen LogP contribution in [0.3, 0.4) is 0 Å². The molecule has 0 aliphatic heterocycles. The predicted molar refractivity (Wildman–Crippen MR) is 83.9 cm³/mol. The van der Waals surface area contributed by atoms with E-state index in [2.05, 4.69) is 25.5 Å². The monoisotopic (exact) mass is 305 g/mol. The molecular weight excluding hydrogens is 286 g/mol. The number of hydrogen-bond acceptors (Lipinski definition) is 4. The molecule has 6 heteroatoms. The normalized spacial score (nSPS) is 14.4. The highest BCUT2D eigenvalue weighted by atomic mass is 35.5. The Hall–Kier alpha value is -1.62. The fourth-order valence-electron chi connectivity index (χ4n) is 2.32. The molecule has 1 aliphatic carbocycles. The number of hydrogen-bond donors (Lipinski definition) is 2. The van der Waals surface area contributed by atoms with Crippen LogP contribution in [0, 0.1) is 13.8 Å². The molecule has 3 rings (SSSR count). The second-order valence-electron chi connectivity index (χ2n) is 5.67. The van der Waals surface area contributed by atoms with Crippen LogP contribution >= 0.6 is 11.6 Å². The number of H-pyrrole nitrogens is 1. The molecule has 112 valence electrons. The minimum Gasteiger partial charge on any atom is -0.370 e. The Bertz CT molecular complexity index is 633. The summed E-state index contributed by atoms with van der Waals surface area (Å²) < 4.78 is 0. The average Bonchev–Trinajstić information content (AvgIpc) is 3.23. The predicted octanol–water partition coefficient (Wildman–Crippen LogP) is 3.39. The number of nitrogens with one attached hydrogen (secondary N) is 2. The quantitative estimate of drug-likeness (QED) is 0.634. The van der Waals surface area contributed by atoms with Crippen molar-refractivity contribution in [2.75, 3.05) is 11.9 Å². The maximum absolute atomic E-state index is 6.20. The van der Waals surface area contributed by atoms with Gasteiger partial charge in [-0.3, -0.25) is 5.10 Å². The zero-order chi connectivity index (χ0) is 14.8. The van der Waals surface area contributed by atoms with Gasteiger partial charge in [0.2, 0.25) is 0 Å². The third kappa shape index (κ3) is 3.35. The van der Waals surface area contributed by atoms with E-state index in [1.807, 2.05) is 20.0 Å². The second-order valence-corrected chi connectivity index (χ2v) is 6.03. The number of rotatable bonds is 6. The first-order valence-corrected chi connectivity index (χ1v) is 7.79. The van der Waals surface area contributed by atoms with E-state index in [9.17, 15) is 0 Å². The number of aromatic amines is 1. The van der Waals surface area contributed by atoms with Gasteiger partial charge in [0.05, 0.1) is 6.20 Å². The number of aromatic nitrogens is 4. The van der Waals surface area contributed by atoms with Crippen molar-refractivity contribution >= 4 is 17.4 Å². The maximum Gasteiger partial charge on any atom is 0.137 e. The summed E-state index contributed by atoms with van der Waals surface area (Å²) in [6.07, 6.45) is 6.29. The summed E-state index contributed by atoms with van der Waals surface area (Å²) in [7, 11) is 0. The van der Waals surface area contributed by atoms with Crippen LogP contribution in [0.1, 0.15) is 47.8 Å². The number of nitrogens with zero attached hydrogens (tertiary/aromatic N) is 3. The summed E-state index contributed by atoms with van der Waals surface area (Å²) in [5, 5.41) is 11.0. The van der Waals surface area contributed by atoms with Crippen molar-refractivity contribution in [3.8, 4) is 0 Å². The van der Waals surface area contributed by atoms with Gasteiger partial charge in [-0.15, -0.1) is 0 Å². The van der Waals surface area contributed by atoms with Gasteiger partial charge in [-0.2, -0.15) is 5.10 Å². The minimum absolute atomic E-state index is 0.511. The Morgan fingerprint density at radius 1 is 1.33 bits per heavy atom. The van der Waals surface area contributed by atoms with Gasteiger partial charge in [0.25, 0.3) is 0 Å². The van der Waals surface area contributed by atoms with E-state index in [0.717, 1.165) is 42.3 Å². The molecule has 1 saturated carbocycles. The molecule has 0 spiro atoms. The molecular formula is C15H20ClN5. The van der Waals surface area contributed by atoms with E-state index in [-0.39, 0.29) is 0 Å². The van der Waals surface area contributed by atoms with E-state index in [4.69, 9.17) is 11.6 Å². The third-order valence-electron chi connectivity index (χ3n) is 3.90. The van der Waals surface area contributed by atoms with Crippen LogP contribution in [0.4, 0.5) is 5.82 Å². The molecule has 21 heavy (non-hydrogen) atoms. The largest absolute Gasteiger partial charge is 0.370 e. The molecule has 0 bridgehead atoms. The lowest BCUT2D eigenvalue weighted by Crippen LogP contribution is -2.09. The molecule has 0 unspecified atom stereocenters. The highest BCUT2D eigenvalue weighted by Crippen LogP contribution is 2.39. The molecule has 1 aliphatic rings. The van der Waals surface area contributed by atoms with E-state index < -0.39 is 0 Å². The van der Waals surface area contributed by atoms with Gasteiger partial charge in [-0.25, -0.2) is 9.97 Å². The zero-order valence-electron chi connectivity index (χ0n) is 12.4. The van der Waals surface area contributed by atoms with E-state index >= 15 is 0 Å². The molecule has 0 aromatic carbocycles. The molecule has 2 heterocycles. The fraction of sp³-hybridized carbons (Fsp3) is 0.533. The number of aryl methyl sites for hydroxylation is 2. The van der Waals surface area contributed by atoms with Crippen LogP contribution in [0.2, 0.25) is 5.15 Å². The molecule has 0 atom stereocenters. The summed E-state index contributed by atoms with van der Waals surface area (Å²) in [6, 6.07) is 0. The first-order chi connectivity index (χ1) is 10.1. The average molecular weight is 306 g/mol. The van der Waals surface area contributed by atoms with Gasteiger partial charge in [0, 0.05) is 23.7 Å². The van der Waals surface area contributed by atoms with E-state index in [0.29, 0.717) is 11.1 Å². The third-order valence-corrected chi connectivity index (χ3v) is 4.26. The number of halogens is 1. The lowest BCUT2D eigenvalue weighted by Gasteiger charge is -2.11. The van der Waals surface area contributed by atoms with Crippen LogP contribution in [0.5, 0.6) is 0 Å². The van der Waals surface area contributed by atoms with Crippen molar-refractivity contribution in [1.29, 1.82) is 0 Å². The lowest BCUT2D eigenvalue weighted by atomic mass is 10.1. The Balaban J connectivity index is 1.58. The minimum atomic E-state index is 0.511. The summed E-state index contributed by atoms with van der Waals surface area (Å²) in [5.74, 6) is 2.27. The SMILES string of the molecule is Cc1[nH]ncc1CCCNc1nc(C2CC2)nc(Cl)c1C. The van der Waals surface area contributed by atoms with Gasteiger partial charge < -0.3 is 5.32 Å². The van der Waals surface area contributed by atoms with Gasteiger partial charge >= 0.3 is 0 Å². The Labute approximate surface area is 129 Å². The van der Waals surface area contributed by atoms with Crippen molar-refractivity contribution in [2.24, 2.45) is 0 Å². The van der Waals surface area contributed by atoms with Crippen LogP contribution in [0.15, 0.2) is 6.20 Å². The maximum atomic E-state index is 6.20. The molecule has 0 amide bonds. The van der Waals surface area contributed by atoms with Crippen LogP contribution in [0.25, 0.3) is 0 Å². The Morgan fingerprint density at radius 3 is 2.81 bits per heavy atom. The number of anilines is 1. The smallest absolute Gasteiger partial charge is 0.137 e. The molecule has 2 aromatic rings. The first kappa shape index (κ1) is 14.3. The van der Waals surface area contributed by atoms with Crippen LogP contribution in [-0.4, -0.2) is 26.7 Å². The molecule has 2 N–H and O–H groups in total. The summed E-state index contributed by atoms with van der Waals surface area (Å²) >= 11 is 6.20. The molecule has 5 nitrogen and oxygen atoms in total. The summed E-state index contributed by atoms with van der Waals surface area (Å²) in [4.78, 5) is 9.00. The summed E-state index contributed by atoms with van der Waals surface area (Å²) in [6.45, 7) is 4.87. The summed E-state index contributed by atoms with van der Waals surface area (Å²) in [5.41, 5.74) is 3.35. The second kappa shape index (κ2) is 6.02.